The van der Waals surface area contributed by atoms with E-state index in [0.717, 1.165) is 54.0 Å². The Balaban J connectivity index is 1.34. The lowest BCUT2D eigenvalue weighted by Gasteiger charge is -2.31. The molecule has 4 heterocycles. The number of aromatic nitrogens is 3. The van der Waals surface area contributed by atoms with Crippen LogP contribution in [-0.4, -0.2) is 38.8 Å². The van der Waals surface area contributed by atoms with E-state index < -0.39 is 0 Å². The molecule has 1 fully saturated rings. The van der Waals surface area contributed by atoms with E-state index in [0.29, 0.717) is 5.92 Å². The first-order valence-corrected chi connectivity index (χ1v) is 11.0. The minimum absolute atomic E-state index is 0.0571. The predicted molar refractivity (Wildman–Crippen MR) is 121 cm³/mol. The number of anilines is 2. The van der Waals surface area contributed by atoms with Crippen LogP contribution in [0.15, 0.2) is 48.0 Å². The third kappa shape index (κ3) is 5.10. The highest BCUT2D eigenvalue weighted by Crippen LogP contribution is 2.29. The number of thiazole rings is 1. The lowest BCUT2D eigenvalue weighted by molar-refractivity contribution is -0.126. The molecule has 0 unspecified atom stereocenters. The highest BCUT2D eigenvalue weighted by Gasteiger charge is 2.23. The summed E-state index contributed by atoms with van der Waals surface area (Å²) in [5.74, 6) is 2.07. The molecule has 4 rings (SSSR count). The maximum Gasteiger partial charge on any atom is 0.246 e. The van der Waals surface area contributed by atoms with E-state index in [1.165, 1.54) is 5.56 Å². The molecule has 0 saturated carbocycles. The zero-order chi connectivity index (χ0) is 20.9. The van der Waals surface area contributed by atoms with Crippen molar-refractivity contribution < 1.29 is 4.79 Å². The number of nitrogens with one attached hydrogen (secondary N) is 1. The van der Waals surface area contributed by atoms with Crippen LogP contribution < -0.4 is 5.32 Å². The fourth-order valence-corrected chi connectivity index (χ4v) is 4.25. The van der Waals surface area contributed by atoms with Crippen molar-refractivity contribution in [3.8, 4) is 0 Å². The summed E-state index contributed by atoms with van der Waals surface area (Å²) in [6.45, 7) is 5.45. The Bertz CT molecular complexity index is 1050. The zero-order valence-electron chi connectivity index (χ0n) is 17.2. The Morgan fingerprint density at radius 2 is 2.00 bits per heavy atom. The summed E-state index contributed by atoms with van der Waals surface area (Å²) in [7, 11) is 0. The third-order valence-corrected chi connectivity index (χ3v) is 6.03. The van der Waals surface area contributed by atoms with Crippen molar-refractivity contribution in [2.24, 2.45) is 0 Å². The maximum atomic E-state index is 12.5. The number of carbonyl (C=O) groups is 1. The minimum atomic E-state index is 0.0571. The molecule has 3 aromatic heterocycles. The molecule has 7 heteroatoms. The zero-order valence-corrected chi connectivity index (χ0v) is 18.0. The number of likely N-dealkylation sites (tertiary alicyclic amines) is 1. The predicted octanol–water partition coefficient (Wildman–Crippen LogP) is 4.71. The summed E-state index contributed by atoms with van der Waals surface area (Å²) < 4.78 is 0. The van der Waals surface area contributed by atoms with Gasteiger partial charge in [0.1, 0.15) is 11.6 Å². The van der Waals surface area contributed by atoms with E-state index in [1.54, 1.807) is 23.5 Å². The van der Waals surface area contributed by atoms with Crippen LogP contribution in [0.3, 0.4) is 0 Å². The molecular weight excluding hydrogens is 394 g/mol. The average Bonchev–Trinajstić information content (AvgIpc) is 3.17. The SMILES string of the molecule is Cc1cccc(Nc2cc(C3CCN(C(=O)/C=C/c4csc(C)n4)CC3)ccn2)n1. The van der Waals surface area contributed by atoms with Crippen LogP contribution in [0, 0.1) is 13.8 Å². The van der Waals surface area contributed by atoms with Gasteiger partial charge in [-0.25, -0.2) is 15.0 Å². The Kier molecular flexibility index (Phi) is 6.18. The number of amides is 1. The second kappa shape index (κ2) is 9.17. The molecule has 1 saturated heterocycles. The quantitative estimate of drug-likeness (QED) is 0.606. The van der Waals surface area contributed by atoms with Crippen molar-refractivity contribution in [2.75, 3.05) is 18.4 Å². The Morgan fingerprint density at radius 3 is 2.73 bits per heavy atom. The largest absolute Gasteiger partial charge is 0.339 e. The standard InChI is InChI=1S/C23H25N5OS/c1-16-4-3-5-21(25-16)27-22-14-19(8-11-24-22)18-9-12-28(13-10-18)23(29)7-6-20-15-30-17(2)26-20/h3-8,11,14-15,18H,9-10,12-13H2,1-2H3,(H,24,25,27)/b7-6+. The number of carbonyl (C=O) groups excluding carboxylic acids is 1. The number of hydrogen-bond donors (Lipinski definition) is 1. The number of aryl methyl sites for hydroxylation is 2. The summed E-state index contributed by atoms with van der Waals surface area (Å²) in [5, 5.41) is 6.26. The maximum absolute atomic E-state index is 12.5. The van der Waals surface area contributed by atoms with Crippen LogP contribution in [0.25, 0.3) is 6.08 Å². The summed E-state index contributed by atoms with van der Waals surface area (Å²) in [4.78, 5) is 27.7. The molecular formula is C23H25N5OS. The van der Waals surface area contributed by atoms with E-state index in [9.17, 15) is 4.79 Å². The summed E-state index contributed by atoms with van der Waals surface area (Å²) in [6, 6.07) is 10.0. The molecule has 0 spiro atoms. The van der Waals surface area contributed by atoms with Gasteiger partial charge in [0, 0.05) is 36.4 Å². The molecule has 3 aromatic rings. The molecule has 0 aliphatic carbocycles. The van der Waals surface area contributed by atoms with E-state index >= 15 is 0 Å². The molecule has 0 aromatic carbocycles. The monoisotopic (exact) mass is 419 g/mol. The van der Waals surface area contributed by atoms with Crippen molar-refractivity contribution in [3.05, 3.63) is 69.9 Å². The Morgan fingerprint density at radius 1 is 1.17 bits per heavy atom. The normalized spacial score (nSPS) is 14.9. The van der Waals surface area contributed by atoms with Gasteiger partial charge in [0.2, 0.25) is 5.91 Å². The van der Waals surface area contributed by atoms with Gasteiger partial charge in [-0.3, -0.25) is 4.79 Å². The van der Waals surface area contributed by atoms with Crippen LogP contribution in [0.2, 0.25) is 0 Å². The Labute approximate surface area is 180 Å². The molecule has 0 atom stereocenters. The third-order valence-electron chi connectivity index (χ3n) is 5.24. The summed E-state index contributed by atoms with van der Waals surface area (Å²) >= 11 is 1.59. The fraction of sp³-hybridized carbons (Fsp3) is 0.304. The van der Waals surface area contributed by atoms with Crippen molar-refractivity contribution in [2.45, 2.75) is 32.6 Å². The fourth-order valence-electron chi connectivity index (χ4n) is 3.67. The Hall–Kier alpha value is -3.06. The highest BCUT2D eigenvalue weighted by molar-refractivity contribution is 7.09. The van der Waals surface area contributed by atoms with E-state index in [1.807, 2.05) is 48.5 Å². The molecule has 1 N–H and O–H groups in total. The van der Waals surface area contributed by atoms with E-state index in [2.05, 4.69) is 32.4 Å². The van der Waals surface area contributed by atoms with Gasteiger partial charge in [0.15, 0.2) is 0 Å². The van der Waals surface area contributed by atoms with Gasteiger partial charge >= 0.3 is 0 Å². The number of hydrogen-bond acceptors (Lipinski definition) is 6. The average molecular weight is 420 g/mol. The molecule has 30 heavy (non-hydrogen) atoms. The summed E-state index contributed by atoms with van der Waals surface area (Å²) in [6.07, 6.45) is 7.17. The molecule has 0 bridgehead atoms. The lowest BCUT2D eigenvalue weighted by atomic mass is 9.90. The van der Waals surface area contributed by atoms with Gasteiger partial charge < -0.3 is 10.2 Å². The van der Waals surface area contributed by atoms with Crippen molar-refractivity contribution in [1.29, 1.82) is 0 Å². The molecule has 1 amide bonds. The van der Waals surface area contributed by atoms with Crippen LogP contribution in [0.4, 0.5) is 11.6 Å². The van der Waals surface area contributed by atoms with Gasteiger partial charge in [-0.05, 0) is 68.5 Å². The first-order chi connectivity index (χ1) is 14.6. The van der Waals surface area contributed by atoms with Crippen molar-refractivity contribution in [3.63, 3.8) is 0 Å². The van der Waals surface area contributed by atoms with Crippen molar-refractivity contribution >= 4 is 35.0 Å². The van der Waals surface area contributed by atoms with Crippen molar-refractivity contribution in [1.82, 2.24) is 19.9 Å². The first-order valence-electron chi connectivity index (χ1n) is 10.1. The van der Waals surface area contributed by atoms with E-state index in [-0.39, 0.29) is 5.91 Å². The number of nitrogens with zero attached hydrogens (tertiary/aromatic N) is 4. The van der Waals surface area contributed by atoms with Gasteiger partial charge in [0.25, 0.3) is 0 Å². The van der Waals surface area contributed by atoms with Crippen LogP contribution in [-0.2, 0) is 4.79 Å². The second-order valence-corrected chi connectivity index (χ2v) is 8.55. The molecule has 0 radical (unpaired) electrons. The lowest BCUT2D eigenvalue weighted by Crippen LogP contribution is -2.36. The summed E-state index contributed by atoms with van der Waals surface area (Å²) in [5.41, 5.74) is 3.06. The number of rotatable bonds is 5. The van der Waals surface area contributed by atoms with Gasteiger partial charge in [0.05, 0.1) is 10.7 Å². The molecule has 6 nitrogen and oxygen atoms in total. The van der Waals surface area contributed by atoms with E-state index in [4.69, 9.17) is 0 Å². The topological polar surface area (TPSA) is 71.0 Å². The molecule has 1 aliphatic heterocycles. The van der Waals surface area contributed by atoms with Gasteiger partial charge in [-0.15, -0.1) is 11.3 Å². The molecule has 154 valence electrons. The van der Waals surface area contributed by atoms with Crippen LogP contribution in [0.1, 0.15) is 40.7 Å². The first kappa shape index (κ1) is 20.2. The highest BCUT2D eigenvalue weighted by atomic mass is 32.1. The minimum Gasteiger partial charge on any atom is -0.339 e. The number of pyridine rings is 2. The van der Waals surface area contributed by atoms with Crippen LogP contribution >= 0.6 is 11.3 Å². The number of piperidine rings is 1. The van der Waals surface area contributed by atoms with Crippen LogP contribution in [0.5, 0.6) is 0 Å². The molecule has 1 aliphatic rings. The van der Waals surface area contributed by atoms with Gasteiger partial charge in [-0.1, -0.05) is 6.07 Å². The smallest absolute Gasteiger partial charge is 0.246 e. The van der Waals surface area contributed by atoms with Gasteiger partial charge in [-0.2, -0.15) is 0 Å². The second-order valence-electron chi connectivity index (χ2n) is 7.49.